The standard InChI is InChI=1S/C22H20N4O2/c1-28-18-10-11-20-16(12-18)13-21(15-6-3-2-4-7-15)26(20)14-17-8-5-9-19(24-17)22(23)25-27/h2-13,27H,14H2,1H3,(H2,23,25). The minimum Gasteiger partial charge on any atom is -0.497 e. The van der Waals surface area contributed by atoms with Crippen molar-refractivity contribution in [2.45, 2.75) is 6.54 Å². The molecule has 0 aliphatic rings. The second-order valence-corrected chi connectivity index (χ2v) is 6.41. The van der Waals surface area contributed by atoms with E-state index in [-0.39, 0.29) is 5.84 Å². The molecule has 0 aliphatic heterocycles. The maximum Gasteiger partial charge on any atom is 0.188 e. The molecule has 2 aromatic heterocycles. The molecule has 0 unspecified atom stereocenters. The number of nitrogens with zero attached hydrogens (tertiary/aromatic N) is 3. The first kappa shape index (κ1) is 17.6. The average molecular weight is 372 g/mol. The predicted octanol–water partition coefficient (Wildman–Crippen LogP) is 3.85. The second kappa shape index (κ2) is 7.44. The maximum atomic E-state index is 8.93. The molecule has 3 N–H and O–H groups in total. The Hall–Kier alpha value is -3.80. The molecule has 6 heteroatoms. The Morgan fingerprint density at radius 1 is 1.07 bits per heavy atom. The van der Waals surface area contributed by atoms with Gasteiger partial charge < -0.3 is 20.2 Å². The fraction of sp³-hybridized carbons (Fsp3) is 0.0909. The van der Waals surface area contributed by atoms with E-state index in [1.165, 1.54) is 0 Å². The smallest absolute Gasteiger partial charge is 0.188 e. The lowest BCUT2D eigenvalue weighted by molar-refractivity contribution is 0.318. The lowest BCUT2D eigenvalue weighted by Crippen LogP contribution is -2.16. The van der Waals surface area contributed by atoms with E-state index in [9.17, 15) is 0 Å². The van der Waals surface area contributed by atoms with Crippen molar-refractivity contribution < 1.29 is 9.94 Å². The summed E-state index contributed by atoms with van der Waals surface area (Å²) in [5.74, 6) is 0.809. The molecule has 0 fully saturated rings. The number of hydrogen-bond acceptors (Lipinski definition) is 4. The number of benzene rings is 2. The van der Waals surface area contributed by atoms with Crippen LogP contribution in [0.2, 0.25) is 0 Å². The molecule has 0 bridgehead atoms. The molecule has 0 saturated carbocycles. The van der Waals surface area contributed by atoms with Crippen LogP contribution in [0.3, 0.4) is 0 Å². The molecule has 2 heterocycles. The number of fused-ring (bicyclic) bond motifs is 1. The van der Waals surface area contributed by atoms with E-state index < -0.39 is 0 Å². The van der Waals surface area contributed by atoms with Crippen LogP contribution in [0.1, 0.15) is 11.4 Å². The fourth-order valence-corrected chi connectivity index (χ4v) is 3.32. The van der Waals surface area contributed by atoms with Gasteiger partial charge in [0, 0.05) is 16.6 Å². The van der Waals surface area contributed by atoms with Crippen LogP contribution < -0.4 is 10.5 Å². The van der Waals surface area contributed by atoms with Gasteiger partial charge in [-0.15, -0.1) is 0 Å². The predicted molar refractivity (Wildman–Crippen MR) is 110 cm³/mol. The van der Waals surface area contributed by atoms with Crippen molar-refractivity contribution in [3.05, 3.63) is 84.2 Å². The van der Waals surface area contributed by atoms with Gasteiger partial charge in [-0.2, -0.15) is 0 Å². The topological polar surface area (TPSA) is 85.7 Å². The highest BCUT2D eigenvalue weighted by molar-refractivity contribution is 5.95. The molecule has 28 heavy (non-hydrogen) atoms. The van der Waals surface area contributed by atoms with E-state index in [4.69, 9.17) is 15.7 Å². The molecule has 2 aromatic carbocycles. The van der Waals surface area contributed by atoms with E-state index in [1.54, 1.807) is 13.2 Å². The van der Waals surface area contributed by atoms with Crippen LogP contribution >= 0.6 is 0 Å². The van der Waals surface area contributed by atoms with E-state index in [0.717, 1.165) is 33.6 Å². The Morgan fingerprint density at radius 3 is 2.64 bits per heavy atom. The summed E-state index contributed by atoms with van der Waals surface area (Å²) in [5.41, 5.74) is 10.2. The summed E-state index contributed by atoms with van der Waals surface area (Å²) in [6.45, 7) is 0.548. The first-order valence-corrected chi connectivity index (χ1v) is 8.86. The number of rotatable bonds is 5. The number of hydrogen-bond donors (Lipinski definition) is 2. The van der Waals surface area contributed by atoms with Gasteiger partial charge in [0.1, 0.15) is 11.4 Å². The van der Waals surface area contributed by atoms with Crippen LogP contribution in [-0.2, 0) is 6.54 Å². The maximum absolute atomic E-state index is 8.93. The SMILES string of the molecule is COc1ccc2c(c1)cc(-c1ccccc1)n2Cc1cccc(C(N)=NO)n1. The van der Waals surface area contributed by atoms with Crippen molar-refractivity contribution >= 4 is 16.7 Å². The highest BCUT2D eigenvalue weighted by Gasteiger charge is 2.13. The quantitative estimate of drug-likeness (QED) is 0.241. The molecule has 0 amide bonds. The summed E-state index contributed by atoms with van der Waals surface area (Å²) in [5, 5.41) is 13.1. The fourth-order valence-electron chi connectivity index (χ4n) is 3.32. The zero-order valence-electron chi connectivity index (χ0n) is 15.4. The molecule has 4 rings (SSSR count). The van der Waals surface area contributed by atoms with Crippen molar-refractivity contribution in [3.63, 3.8) is 0 Å². The number of methoxy groups -OCH3 is 1. The minimum absolute atomic E-state index is 0.00719. The normalized spacial score (nSPS) is 11.7. The van der Waals surface area contributed by atoms with Crippen molar-refractivity contribution in [2.24, 2.45) is 10.9 Å². The molecular weight excluding hydrogens is 352 g/mol. The number of ether oxygens (including phenoxy) is 1. The van der Waals surface area contributed by atoms with E-state index >= 15 is 0 Å². The summed E-state index contributed by atoms with van der Waals surface area (Å²) in [6, 6.07) is 23.9. The summed E-state index contributed by atoms with van der Waals surface area (Å²) >= 11 is 0. The van der Waals surface area contributed by atoms with Crippen molar-refractivity contribution in [2.75, 3.05) is 7.11 Å². The monoisotopic (exact) mass is 372 g/mol. The van der Waals surface area contributed by atoms with Crippen LogP contribution in [0.5, 0.6) is 5.75 Å². The lowest BCUT2D eigenvalue weighted by atomic mass is 10.1. The third kappa shape index (κ3) is 3.27. The van der Waals surface area contributed by atoms with Crippen molar-refractivity contribution in [1.29, 1.82) is 0 Å². The Balaban J connectivity index is 1.85. The van der Waals surface area contributed by atoms with Gasteiger partial charge in [-0.05, 0) is 42.0 Å². The summed E-state index contributed by atoms with van der Waals surface area (Å²) in [4.78, 5) is 4.53. The third-order valence-corrected chi connectivity index (χ3v) is 4.68. The first-order chi connectivity index (χ1) is 13.7. The van der Waals surface area contributed by atoms with Gasteiger partial charge in [-0.25, -0.2) is 4.98 Å². The molecule has 0 saturated heterocycles. The molecule has 0 spiro atoms. The van der Waals surface area contributed by atoms with Crippen molar-refractivity contribution in [3.8, 4) is 17.0 Å². The first-order valence-electron chi connectivity index (χ1n) is 8.86. The number of aromatic nitrogens is 2. The van der Waals surface area contributed by atoms with Crippen LogP contribution in [0.25, 0.3) is 22.2 Å². The molecule has 6 nitrogen and oxygen atoms in total. The largest absolute Gasteiger partial charge is 0.497 e. The Morgan fingerprint density at radius 2 is 1.89 bits per heavy atom. The number of amidine groups is 1. The Labute approximate surface area is 162 Å². The summed E-state index contributed by atoms with van der Waals surface area (Å²) in [7, 11) is 1.67. The lowest BCUT2D eigenvalue weighted by Gasteiger charge is -2.12. The highest BCUT2D eigenvalue weighted by atomic mass is 16.5. The van der Waals surface area contributed by atoms with Crippen LogP contribution in [-0.4, -0.2) is 27.7 Å². The molecule has 0 aliphatic carbocycles. The Bertz CT molecular complexity index is 1150. The van der Waals surface area contributed by atoms with E-state index in [2.05, 4.69) is 32.9 Å². The zero-order chi connectivity index (χ0) is 19.5. The number of oxime groups is 1. The van der Waals surface area contributed by atoms with Crippen LogP contribution in [0.15, 0.2) is 78.0 Å². The van der Waals surface area contributed by atoms with Crippen LogP contribution in [0.4, 0.5) is 0 Å². The average Bonchev–Trinajstić information content (AvgIpc) is 3.11. The van der Waals surface area contributed by atoms with E-state index in [0.29, 0.717) is 12.2 Å². The third-order valence-electron chi connectivity index (χ3n) is 4.68. The number of pyridine rings is 1. The molecule has 4 aromatic rings. The summed E-state index contributed by atoms with van der Waals surface area (Å²) in [6.07, 6.45) is 0. The van der Waals surface area contributed by atoms with Crippen molar-refractivity contribution in [1.82, 2.24) is 9.55 Å². The molecular formula is C22H20N4O2. The van der Waals surface area contributed by atoms with Crippen LogP contribution in [0, 0.1) is 0 Å². The summed E-state index contributed by atoms with van der Waals surface area (Å²) < 4.78 is 7.59. The minimum atomic E-state index is -0.00719. The Kier molecular flexibility index (Phi) is 4.68. The van der Waals surface area contributed by atoms with Gasteiger partial charge in [-0.1, -0.05) is 41.6 Å². The molecule has 0 atom stereocenters. The molecule has 0 radical (unpaired) electrons. The van der Waals surface area contributed by atoms with Gasteiger partial charge in [0.05, 0.1) is 19.3 Å². The number of nitrogens with two attached hydrogens (primary N) is 1. The van der Waals surface area contributed by atoms with Gasteiger partial charge in [0.15, 0.2) is 5.84 Å². The van der Waals surface area contributed by atoms with Gasteiger partial charge in [-0.3, -0.25) is 0 Å². The second-order valence-electron chi connectivity index (χ2n) is 6.41. The van der Waals surface area contributed by atoms with Gasteiger partial charge >= 0.3 is 0 Å². The van der Waals surface area contributed by atoms with Gasteiger partial charge in [0.2, 0.25) is 0 Å². The van der Waals surface area contributed by atoms with E-state index in [1.807, 2.05) is 48.5 Å². The van der Waals surface area contributed by atoms with Gasteiger partial charge in [0.25, 0.3) is 0 Å². The zero-order valence-corrected chi connectivity index (χ0v) is 15.4. The highest BCUT2D eigenvalue weighted by Crippen LogP contribution is 2.31. The molecule has 140 valence electrons.